The van der Waals surface area contributed by atoms with Crippen molar-refractivity contribution in [1.82, 2.24) is 14.4 Å². The number of aliphatic hydroxyl groups is 1. The zero-order valence-electron chi connectivity index (χ0n) is 16.6. The third kappa shape index (κ3) is 4.51. The molecule has 27 heavy (non-hydrogen) atoms. The van der Waals surface area contributed by atoms with Crippen LogP contribution >= 0.6 is 0 Å². The van der Waals surface area contributed by atoms with Gasteiger partial charge in [0.2, 0.25) is 0 Å². The zero-order valence-corrected chi connectivity index (χ0v) is 16.6. The predicted octanol–water partition coefficient (Wildman–Crippen LogP) is 1.83. The van der Waals surface area contributed by atoms with Crippen LogP contribution in [-0.2, 0) is 11.8 Å². The molecule has 0 unspecified atom stereocenters. The number of aromatic nitrogens is 1. The van der Waals surface area contributed by atoms with Crippen molar-refractivity contribution in [2.24, 2.45) is 18.9 Å². The highest BCUT2D eigenvalue weighted by atomic mass is 16.5. The molecule has 0 bridgehead atoms. The van der Waals surface area contributed by atoms with E-state index in [0.29, 0.717) is 19.1 Å². The van der Waals surface area contributed by atoms with E-state index < -0.39 is 0 Å². The van der Waals surface area contributed by atoms with Crippen LogP contribution in [0, 0.1) is 11.8 Å². The number of benzene rings is 1. The van der Waals surface area contributed by atoms with E-state index in [1.165, 1.54) is 0 Å². The number of fused-ring (bicyclic) bond motifs is 1. The van der Waals surface area contributed by atoms with E-state index in [0.717, 1.165) is 42.5 Å². The minimum Gasteiger partial charge on any atom is -0.396 e. The van der Waals surface area contributed by atoms with Gasteiger partial charge in [0.1, 0.15) is 0 Å². The number of carbonyl (C=O) groups is 1. The molecular formula is C21H31N3O3. The fourth-order valence-electron chi connectivity index (χ4n) is 4.19. The van der Waals surface area contributed by atoms with E-state index >= 15 is 0 Å². The van der Waals surface area contributed by atoms with Crippen LogP contribution in [-0.4, -0.2) is 78.9 Å². The van der Waals surface area contributed by atoms with Gasteiger partial charge in [0, 0.05) is 69.6 Å². The maximum absolute atomic E-state index is 13.3. The average molecular weight is 373 g/mol. The largest absolute Gasteiger partial charge is 0.396 e. The van der Waals surface area contributed by atoms with Crippen molar-refractivity contribution < 1.29 is 14.6 Å². The molecule has 1 aliphatic heterocycles. The van der Waals surface area contributed by atoms with Gasteiger partial charge in [-0.1, -0.05) is 6.07 Å². The predicted molar refractivity (Wildman–Crippen MR) is 107 cm³/mol. The summed E-state index contributed by atoms with van der Waals surface area (Å²) in [6.07, 6.45) is 2.94. The molecule has 1 saturated heterocycles. The molecule has 6 nitrogen and oxygen atoms in total. The molecule has 0 spiro atoms. The molecule has 0 saturated carbocycles. The number of amides is 1. The van der Waals surface area contributed by atoms with Gasteiger partial charge in [0.25, 0.3) is 5.91 Å². The van der Waals surface area contributed by atoms with Crippen molar-refractivity contribution in [3.8, 4) is 0 Å². The lowest BCUT2D eigenvalue weighted by Crippen LogP contribution is -2.47. The molecular weight excluding hydrogens is 342 g/mol. The van der Waals surface area contributed by atoms with Gasteiger partial charge in [0.05, 0.1) is 6.61 Å². The van der Waals surface area contributed by atoms with Crippen LogP contribution in [0.15, 0.2) is 30.5 Å². The van der Waals surface area contributed by atoms with Gasteiger partial charge in [-0.05, 0) is 43.5 Å². The first kappa shape index (κ1) is 19.9. The van der Waals surface area contributed by atoms with E-state index in [-0.39, 0.29) is 18.4 Å². The highest BCUT2D eigenvalue weighted by Gasteiger charge is 2.31. The molecule has 1 aliphatic rings. The first-order valence-corrected chi connectivity index (χ1v) is 9.65. The molecule has 1 aromatic heterocycles. The Morgan fingerprint density at radius 3 is 2.81 bits per heavy atom. The van der Waals surface area contributed by atoms with Gasteiger partial charge in [-0.15, -0.1) is 0 Å². The summed E-state index contributed by atoms with van der Waals surface area (Å²) in [6.45, 7) is 3.95. The number of nitrogens with zero attached hydrogens (tertiary/aromatic N) is 3. The van der Waals surface area contributed by atoms with E-state index in [4.69, 9.17) is 4.74 Å². The van der Waals surface area contributed by atoms with Gasteiger partial charge in [-0.3, -0.25) is 4.79 Å². The number of hydrogen-bond donors (Lipinski definition) is 1. The number of aryl methyl sites for hydroxylation is 1. The second-order valence-electron chi connectivity index (χ2n) is 7.78. The molecule has 1 N–H and O–H groups in total. The first-order chi connectivity index (χ1) is 13.0. The van der Waals surface area contributed by atoms with E-state index in [9.17, 15) is 9.90 Å². The molecule has 6 heteroatoms. The second kappa shape index (κ2) is 8.87. The van der Waals surface area contributed by atoms with Crippen LogP contribution < -0.4 is 0 Å². The second-order valence-corrected chi connectivity index (χ2v) is 7.78. The molecule has 2 aromatic rings. The number of piperidine rings is 1. The van der Waals surface area contributed by atoms with Gasteiger partial charge in [-0.25, -0.2) is 0 Å². The number of likely N-dealkylation sites (tertiary alicyclic amines) is 1. The molecule has 1 amide bonds. The third-order valence-electron chi connectivity index (χ3n) is 5.57. The van der Waals surface area contributed by atoms with Crippen LogP contribution in [0.5, 0.6) is 0 Å². The lowest BCUT2D eigenvalue weighted by molar-refractivity contribution is 0.0452. The molecule has 1 aromatic carbocycles. The van der Waals surface area contributed by atoms with Crippen LogP contribution in [0.2, 0.25) is 0 Å². The number of rotatable bonds is 7. The van der Waals surface area contributed by atoms with Crippen molar-refractivity contribution in [3.05, 3.63) is 36.0 Å². The fraction of sp³-hybridized carbons (Fsp3) is 0.571. The van der Waals surface area contributed by atoms with Gasteiger partial charge >= 0.3 is 0 Å². The first-order valence-electron chi connectivity index (χ1n) is 9.65. The minimum absolute atomic E-state index is 0.0643. The lowest BCUT2D eigenvalue weighted by atomic mass is 9.88. The maximum Gasteiger partial charge on any atom is 0.254 e. The fourth-order valence-corrected chi connectivity index (χ4v) is 4.19. The van der Waals surface area contributed by atoms with Crippen LogP contribution in [0.1, 0.15) is 16.8 Å². The number of likely N-dealkylation sites (N-methyl/N-ethyl adjacent to an activating group) is 1. The van der Waals surface area contributed by atoms with Crippen molar-refractivity contribution in [3.63, 3.8) is 0 Å². The smallest absolute Gasteiger partial charge is 0.254 e. The van der Waals surface area contributed by atoms with E-state index in [1.807, 2.05) is 47.0 Å². The quantitative estimate of drug-likeness (QED) is 0.804. The van der Waals surface area contributed by atoms with E-state index in [1.54, 1.807) is 7.11 Å². The molecule has 0 aliphatic carbocycles. The summed E-state index contributed by atoms with van der Waals surface area (Å²) >= 11 is 0. The number of ether oxygens (including phenoxy) is 1. The summed E-state index contributed by atoms with van der Waals surface area (Å²) in [7, 11) is 5.78. The van der Waals surface area contributed by atoms with Crippen LogP contribution in [0.25, 0.3) is 10.9 Å². The molecule has 3 rings (SSSR count). The SMILES string of the molecule is COCCN(C)C[C@@H]1C[C@@H](CO)CN(C(=O)c2cccc3c2ccn3C)C1. The summed E-state index contributed by atoms with van der Waals surface area (Å²) in [4.78, 5) is 17.5. The summed E-state index contributed by atoms with van der Waals surface area (Å²) in [5.74, 6) is 0.560. The Bertz CT molecular complexity index is 773. The van der Waals surface area contributed by atoms with Gasteiger partial charge in [-0.2, -0.15) is 0 Å². The van der Waals surface area contributed by atoms with E-state index in [2.05, 4.69) is 11.9 Å². The molecule has 0 radical (unpaired) electrons. The standard InChI is InChI=1S/C21H31N3O3/c1-22(9-10-27-3)12-16-11-17(15-25)14-24(13-16)21(26)19-5-4-6-20-18(19)7-8-23(20)2/h4-8,16-17,25H,9-15H2,1-3H3/t16-,17+/m0/s1. The summed E-state index contributed by atoms with van der Waals surface area (Å²) in [5, 5.41) is 10.7. The highest BCUT2D eigenvalue weighted by molar-refractivity contribution is 6.06. The zero-order chi connectivity index (χ0) is 19.4. The average Bonchev–Trinajstić information content (AvgIpc) is 3.06. The van der Waals surface area contributed by atoms with Crippen LogP contribution in [0.4, 0.5) is 0 Å². The highest BCUT2D eigenvalue weighted by Crippen LogP contribution is 2.26. The molecule has 2 atom stereocenters. The van der Waals surface area contributed by atoms with Crippen molar-refractivity contribution in [1.29, 1.82) is 0 Å². The molecule has 148 valence electrons. The number of methoxy groups -OCH3 is 1. The van der Waals surface area contributed by atoms with Crippen LogP contribution in [0.3, 0.4) is 0 Å². The number of carbonyl (C=O) groups excluding carboxylic acids is 1. The van der Waals surface area contributed by atoms with Crippen molar-refractivity contribution >= 4 is 16.8 Å². The van der Waals surface area contributed by atoms with Crippen molar-refractivity contribution in [2.75, 3.05) is 53.6 Å². The molecule has 1 fully saturated rings. The van der Waals surface area contributed by atoms with Gasteiger partial charge < -0.3 is 24.2 Å². The summed E-state index contributed by atoms with van der Waals surface area (Å²) in [5.41, 5.74) is 1.81. The minimum atomic E-state index is 0.0643. The Balaban J connectivity index is 1.76. The molecule has 2 heterocycles. The van der Waals surface area contributed by atoms with Crippen molar-refractivity contribution in [2.45, 2.75) is 6.42 Å². The summed E-state index contributed by atoms with van der Waals surface area (Å²) in [6, 6.07) is 7.89. The van der Waals surface area contributed by atoms with Gasteiger partial charge in [0.15, 0.2) is 0 Å². The Morgan fingerprint density at radius 2 is 2.07 bits per heavy atom. The monoisotopic (exact) mass is 373 g/mol. The third-order valence-corrected chi connectivity index (χ3v) is 5.57. The Hall–Kier alpha value is -1.89. The Labute approximate surface area is 161 Å². The lowest BCUT2D eigenvalue weighted by Gasteiger charge is -2.38. The normalized spacial score (nSPS) is 20.6. The topological polar surface area (TPSA) is 57.9 Å². The number of hydrogen-bond acceptors (Lipinski definition) is 4. The maximum atomic E-state index is 13.3. The number of aliphatic hydroxyl groups excluding tert-OH is 1. The Kier molecular flexibility index (Phi) is 6.52. The Morgan fingerprint density at radius 1 is 1.30 bits per heavy atom. The summed E-state index contributed by atoms with van der Waals surface area (Å²) < 4.78 is 7.19.